The minimum atomic E-state index is 0.608. The molecule has 0 unspecified atom stereocenters. The minimum Gasteiger partial charge on any atom is -0.385 e. The largest absolute Gasteiger partial charge is 0.385 e. The summed E-state index contributed by atoms with van der Waals surface area (Å²) in [6.07, 6.45) is 1.68. The number of benzene rings is 3. The summed E-state index contributed by atoms with van der Waals surface area (Å²) in [6.45, 7) is 5.03. The summed E-state index contributed by atoms with van der Waals surface area (Å²) in [6, 6.07) is 20.1. The van der Waals surface area contributed by atoms with Crippen LogP contribution in [0.3, 0.4) is 0 Å². The van der Waals surface area contributed by atoms with Gasteiger partial charge in [-0.3, -0.25) is 10.2 Å². The van der Waals surface area contributed by atoms with Crippen molar-refractivity contribution >= 4 is 16.7 Å². The molecule has 35 heavy (non-hydrogen) atoms. The molecule has 0 bridgehead atoms. The highest BCUT2D eigenvalue weighted by Gasteiger charge is 2.13. The Morgan fingerprint density at radius 3 is 2.17 bits per heavy atom. The molecule has 0 saturated carbocycles. The van der Waals surface area contributed by atoms with Gasteiger partial charge >= 0.3 is 0 Å². The van der Waals surface area contributed by atoms with Crippen molar-refractivity contribution in [1.82, 2.24) is 40.3 Å². The fraction of sp³-hybridized carbons (Fsp3) is 0.115. The van der Waals surface area contributed by atoms with E-state index in [0.717, 1.165) is 51.3 Å². The number of fused-ring (bicyclic) bond motifs is 1. The number of anilines is 1. The second-order valence-electron chi connectivity index (χ2n) is 8.29. The molecule has 4 N–H and O–H groups in total. The second kappa shape index (κ2) is 8.53. The number of aromatic nitrogens is 8. The topological polar surface area (TPSA) is 124 Å². The third-order valence-corrected chi connectivity index (χ3v) is 5.92. The van der Waals surface area contributed by atoms with Crippen LogP contribution >= 0.6 is 0 Å². The third kappa shape index (κ3) is 3.93. The Bertz CT molecular complexity index is 1640. The average molecular weight is 462 g/mol. The molecule has 6 rings (SSSR count). The molecule has 9 nitrogen and oxygen atoms in total. The van der Waals surface area contributed by atoms with E-state index in [-0.39, 0.29) is 0 Å². The first kappa shape index (κ1) is 20.8. The van der Waals surface area contributed by atoms with Crippen molar-refractivity contribution in [2.75, 3.05) is 11.9 Å². The van der Waals surface area contributed by atoms with Crippen LogP contribution in [-0.4, -0.2) is 46.9 Å². The van der Waals surface area contributed by atoms with Gasteiger partial charge in [0.15, 0.2) is 23.3 Å². The molecule has 0 aliphatic heterocycles. The van der Waals surface area contributed by atoms with Crippen molar-refractivity contribution in [2.24, 2.45) is 0 Å². The zero-order chi connectivity index (χ0) is 23.8. The molecular weight excluding hydrogens is 438 g/mol. The van der Waals surface area contributed by atoms with E-state index in [1.54, 1.807) is 6.33 Å². The minimum absolute atomic E-state index is 0.608. The maximum atomic E-state index is 4.74. The quantitative estimate of drug-likeness (QED) is 0.270. The highest BCUT2D eigenvalue weighted by Crippen LogP contribution is 2.28. The highest BCUT2D eigenvalue weighted by molar-refractivity contribution is 5.80. The number of imidazole rings is 1. The van der Waals surface area contributed by atoms with Crippen LogP contribution < -0.4 is 5.32 Å². The molecule has 172 valence electrons. The lowest BCUT2D eigenvalue weighted by molar-refractivity contribution is 1.10. The monoisotopic (exact) mass is 461 g/mol. The van der Waals surface area contributed by atoms with Crippen molar-refractivity contribution in [3.05, 3.63) is 72.6 Å². The van der Waals surface area contributed by atoms with E-state index in [9.17, 15) is 0 Å². The van der Waals surface area contributed by atoms with Gasteiger partial charge in [0.2, 0.25) is 0 Å². The number of aromatic amines is 3. The number of nitrogens with one attached hydrogen (secondary N) is 4. The summed E-state index contributed by atoms with van der Waals surface area (Å²) in [7, 11) is 0. The van der Waals surface area contributed by atoms with Crippen molar-refractivity contribution in [1.29, 1.82) is 0 Å². The normalized spacial score (nSPS) is 11.3. The standard InChI is InChI=1S/C26H23N9/c1-3-27-21-12-18(8-7-15(21)2)25-30-23(32-34-25)16-5-4-6-17(11-16)24-31-26(35-33-24)19-9-10-20-22(13-19)29-14-28-20/h4-14,27H,3H2,1-2H3,(H,28,29)(H,30,32,34)(H,31,33,35). The maximum absolute atomic E-state index is 4.74. The third-order valence-electron chi connectivity index (χ3n) is 5.92. The Morgan fingerprint density at radius 1 is 0.771 bits per heavy atom. The molecule has 0 fully saturated rings. The number of hydrogen-bond acceptors (Lipinski definition) is 6. The zero-order valence-electron chi connectivity index (χ0n) is 19.3. The van der Waals surface area contributed by atoms with Crippen molar-refractivity contribution in [2.45, 2.75) is 13.8 Å². The summed E-state index contributed by atoms with van der Waals surface area (Å²) in [5.74, 6) is 2.64. The molecule has 0 atom stereocenters. The van der Waals surface area contributed by atoms with Crippen LogP contribution in [0.15, 0.2) is 67.0 Å². The molecule has 0 saturated heterocycles. The zero-order valence-corrected chi connectivity index (χ0v) is 19.3. The molecular formula is C26H23N9. The van der Waals surface area contributed by atoms with Gasteiger partial charge in [-0.1, -0.05) is 30.3 Å². The van der Waals surface area contributed by atoms with Gasteiger partial charge in [-0.2, -0.15) is 10.2 Å². The van der Waals surface area contributed by atoms with E-state index in [4.69, 9.17) is 9.97 Å². The predicted molar refractivity (Wildman–Crippen MR) is 137 cm³/mol. The summed E-state index contributed by atoms with van der Waals surface area (Å²) in [5.41, 5.74) is 7.83. The van der Waals surface area contributed by atoms with E-state index in [0.29, 0.717) is 17.5 Å². The van der Waals surface area contributed by atoms with Crippen molar-refractivity contribution in [3.8, 4) is 45.6 Å². The predicted octanol–water partition coefficient (Wildman–Crippen LogP) is 5.21. The first-order valence-corrected chi connectivity index (χ1v) is 11.4. The second-order valence-corrected chi connectivity index (χ2v) is 8.29. The molecule has 0 amide bonds. The van der Waals surface area contributed by atoms with Gasteiger partial charge in [0.05, 0.1) is 17.4 Å². The molecule has 0 spiro atoms. The number of H-pyrrole nitrogens is 3. The van der Waals surface area contributed by atoms with Crippen LogP contribution in [0.4, 0.5) is 5.69 Å². The Hall–Kier alpha value is -4.79. The lowest BCUT2D eigenvalue weighted by Gasteiger charge is -2.08. The van der Waals surface area contributed by atoms with Gasteiger partial charge < -0.3 is 10.3 Å². The molecule has 6 aromatic rings. The molecule has 0 radical (unpaired) electrons. The van der Waals surface area contributed by atoms with E-state index in [1.165, 1.54) is 5.56 Å². The summed E-state index contributed by atoms with van der Waals surface area (Å²) in [5, 5.41) is 18.4. The van der Waals surface area contributed by atoms with Crippen molar-refractivity contribution in [3.63, 3.8) is 0 Å². The van der Waals surface area contributed by atoms with Gasteiger partial charge in [-0.05, 0) is 49.7 Å². The SMILES string of the molecule is CCNc1cc(-c2nc(-c3cccc(-c4n[nH]c(-c5ccc6nc[nH]c6c5)n4)c3)n[nH]2)ccc1C. The summed E-state index contributed by atoms with van der Waals surface area (Å²) in [4.78, 5) is 16.8. The number of hydrogen-bond donors (Lipinski definition) is 4. The van der Waals surface area contributed by atoms with Gasteiger partial charge in [0.25, 0.3) is 0 Å². The van der Waals surface area contributed by atoms with Crippen LogP contribution in [0.1, 0.15) is 12.5 Å². The van der Waals surface area contributed by atoms with E-state index < -0.39 is 0 Å². The molecule has 3 aromatic heterocycles. The first-order chi connectivity index (χ1) is 17.2. The summed E-state index contributed by atoms with van der Waals surface area (Å²) < 4.78 is 0. The molecule has 3 heterocycles. The van der Waals surface area contributed by atoms with E-state index in [2.05, 4.69) is 61.7 Å². The lowest BCUT2D eigenvalue weighted by Crippen LogP contribution is -1.99. The van der Waals surface area contributed by atoms with Crippen molar-refractivity contribution < 1.29 is 0 Å². The fourth-order valence-electron chi connectivity index (χ4n) is 4.07. The molecule has 0 aliphatic carbocycles. The van der Waals surface area contributed by atoms with E-state index >= 15 is 0 Å². The average Bonchev–Trinajstić information content (AvgIpc) is 3.66. The maximum Gasteiger partial charge on any atom is 0.181 e. The Kier molecular flexibility index (Phi) is 5.07. The van der Waals surface area contributed by atoms with Crippen LogP contribution in [0.2, 0.25) is 0 Å². The summed E-state index contributed by atoms with van der Waals surface area (Å²) >= 11 is 0. The Balaban J connectivity index is 1.28. The van der Waals surface area contributed by atoms with E-state index in [1.807, 2.05) is 48.5 Å². The number of aryl methyl sites for hydroxylation is 1. The number of rotatable bonds is 6. The van der Waals surface area contributed by atoms with Crippen LogP contribution in [0.25, 0.3) is 56.6 Å². The first-order valence-electron chi connectivity index (χ1n) is 11.4. The van der Waals surface area contributed by atoms with Gasteiger partial charge in [0, 0.05) is 34.5 Å². The molecule has 0 aliphatic rings. The van der Waals surface area contributed by atoms with Gasteiger partial charge in [-0.25, -0.2) is 15.0 Å². The molecule has 3 aromatic carbocycles. The van der Waals surface area contributed by atoms with Crippen LogP contribution in [0.5, 0.6) is 0 Å². The fourth-order valence-corrected chi connectivity index (χ4v) is 4.07. The Morgan fingerprint density at radius 2 is 1.46 bits per heavy atom. The lowest BCUT2D eigenvalue weighted by atomic mass is 10.1. The van der Waals surface area contributed by atoms with Crippen LogP contribution in [0, 0.1) is 6.92 Å². The van der Waals surface area contributed by atoms with Crippen LogP contribution in [-0.2, 0) is 0 Å². The number of nitrogens with zero attached hydrogens (tertiary/aromatic N) is 5. The Labute approximate surface area is 201 Å². The highest BCUT2D eigenvalue weighted by atomic mass is 15.2. The van der Waals surface area contributed by atoms with Gasteiger partial charge in [-0.15, -0.1) is 0 Å². The smallest absolute Gasteiger partial charge is 0.181 e. The molecule has 9 heteroatoms. The van der Waals surface area contributed by atoms with Gasteiger partial charge in [0.1, 0.15) is 0 Å².